The van der Waals surface area contributed by atoms with E-state index in [2.05, 4.69) is 5.32 Å². The lowest BCUT2D eigenvalue weighted by Crippen LogP contribution is -2.44. The van der Waals surface area contributed by atoms with E-state index in [1.165, 1.54) is 0 Å². The Morgan fingerprint density at radius 2 is 2.07 bits per heavy atom. The number of nitrogens with zero attached hydrogens (tertiary/aromatic N) is 1. The van der Waals surface area contributed by atoms with Gasteiger partial charge in [-0.25, -0.2) is 8.51 Å². The molecule has 1 saturated heterocycles. The highest BCUT2D eigenvalue weighted by Gasteiger charge is 2.17. The molecule has 1 unspecified atom stereocenters. The van der Waals surface area contributed by atoms with Crippen molar-refractivity contribution in [2.45, 2.75) is 11.8 Å². The minimum atomic E-state index is -0.987. The van der Waals surface area contributed by atoms with Crippen molar-refractivity contribution in [3.63, 3.8) is 0 Å². The van der Waals surface area contributed by atoms with E-state index in [4.69, 9.17) is 0 Å². The fourth-order valence-electron chi connectivity index (χ4n) is 1.68. The van der Waals surface area contributed by atoms with Crippen molar-refractivity contribution in [3.8, 4) is 0 Å². The SMILES string of the molecule is Cc1cccc(S(=O)N2CCNCC2)c1. The molecule has 0 saturated carbocycles. The summed E-state index contributed by atoms with van der Waals surface area (Å²) in [6.07, 6.45) is 0. The van der Waals surface area contributed by atoms with Gasteiger partial charge in [0.25, 0.3) is 0 Å². The van der Waals surface area contributed by atoms with E-state index in [0.717, 1.165) is 36.6 Å². The summed E-state index contributed by atoms with van der Waals surface area (Å²) >= 11 is 0. The molecule has 1 aromatic rings. The second-order valence-electron chi connectivity index (χ2n) is 3.74. The molecule has 1 fully saturated rings. The molecule has 2 rings (SSSR count). The van der Waals surface area contributed by atoms with Crippen LogP contribution in [0.2, 0.25) is 0 Å². The first kappa shape index (κ1) is 10.8. The average Bonchev–Trinajstić information content (AvgIpc) is 2.29. The van der Waals surface area contributed by atoms with Gasteiger partial charge in [0.05, 0.1) is 4.90 Å². The molecule has 4 heteroatoms. The number of benzene rings is 1. The van der Waals surface area contributed by atoms with Gasteiger partial charge in [-0.2, -0.15) is 0 Å². The summed E-state index contributed by atoms with van der Waals surface area (Å²) in [5.74, 6) is 0. The van der Waals surface area contributed by atoms with E-state index in [9.17, 15) is 4.21 Å². The molecule has 0 amide bonds. The second-order valence-corrected chi connectivity index (χ2v) is 5.23. The van der Waals surface area contributed by atoms with Crippen LogP contribution in [0.5, 0.6) is 0 Å². The molecule has 1 N–H and O–H groups in total. The summed E-state index contributed by atoms with van der Waals surface area (Å²) in [5, 5.41) is 3.26. The van der Waals surface area contributed by atoms with Crippen LogP contribution in [0.3, 0.4) is 0 Å². The fourth-order valence-corrected chi connectivity index (χ4v) is 2.98. The topological polar surface area (TPSA) is 32.3 Å². The van der Waals surface area contributed by atoms with Gasteiger partial charge in [-0.05, 0) is 24.6 Å². The standard InChI is InChI=1S/C11H16N2OS/c1-10-3-2-4-11(9-10)15(14)13-7-5-12-6-8-13/h2-4,9,12H,5-8H2,1H3. The lowest BCUT2D eigenvalue weighted by molar-refractivity contribution is 0.380. The van der Waals surface area contributed by atoms with E-state index >= 15 is 0 Å². The molecule has 0 aliphatic carbocycles. The zero-order valence-corrected chi connectivity index (χ0v) is 9.72. The van der Waals surface area contributed by atoms with Gasteiger partial charge in [-0.15, -0.1) is 0 Å². The number of nitrogens with one attached hydrogen (secondary N) is 1. The van der Waals surface area contributed by atoms with Crippen LogP contribution < -0.4 is 5.32 Å². The lowest BCUT2D eigenvalue weighted by Gasteiger charge is -2.25. The third-order valence-corrected chi connectivity index (χ3v) is 3.99. The Hall–Kier alpha value is -0.710. The average molecular weight is 224 g/mol. The normalized spacial score (nSPS) is 20.1. The zero-order chi connectivity index (χ0) is 10.7. The second kappa shape index (κ2) is 4.88. The minimum absolute atomic E-state index is 0.862. The van der Waals surface area contributed by atoms with E-state index < -0.39 is 11.0 Å². The van der Waals surface area contributed by atoms with Crippen molar-refractivity contribution in [1.82, 2.24) is 9.62 Å². The number of hydrogen-bond donors (Lipinski definition) is 1. The predicted octanol–water partition coefficient (Wildman–Crippen LogP) is 0.923. The third-order valence-electron chi connectivity index (χ3n) is 2.50. The van der Waals surface area contributed by atoms with Crippen LogP contribution in [0, 0.1) is 6.92 Å². The van der Waals surface area contributed by atoms with Gasteiger partial charge in [0.1, 0.15) is 11.0 Å². The van der Waals surface area contributed by atoms with Crippen molar-refractivity contribution < 1.29 is 4.21 Å². The summed E-state index contributed by atoms with van der Waals surface area (Å²) in [7, 11) is -0.987. The van der Waals surface area contributed by atoms with Gasteiger partial charge < -0.3 is 5.32 Å². The van der Waals surface area contributed by atoms with Crippen LogP contribution in [-0.4, -0.2) is 34.7 Å². The molecule has 0 spiro atoms. The fraction of sp³-hybridized carbons (Fsp3) is 0.455. The van der Waals surface area contributed by atoms with Crippen LogP contribution in [0.4, 0.5) is 0 Å². The molecule has 15 heavy (non-hydrogen) atoms. The Bertz CT molecular complexity index is 361. The minimum Gasteiger partial charge on any atom is -0.314 e. The molecule has 82 valence electrons. The van der Waals surface area contributed by atoms with Crippen LogP contribution in [0.25, 0.3) is 0 Å². The van der Waals surface area contributed by atoms with Gasteiger partial charge in [-0.1, -0.05) is 12.1 Å². The Labute approximate surface area is 93.1 Å². The van der Waals surface area contributed by atoms with E-state index in [1.807, 2.05) is 35.5 Å². The highest BCUT2D eigenvalue weighted by molar-refractivity contribution is 7.82. The number of hydrogen-bond acceptors (Lipinski definition) is 2. The maximum absolute atomic E-state index is 12.2. The molecule has 1 atom stereocenters. The summed E-state index contributed by atoms with van der Waals surface area (Å²) in [6.45, 7) is 5.61. The predicted molar refractivity (Wildman–Crippen MR) is 62.0 cm³/mol. The first-order valence-electron chi connectivity index (χ1n) is 5.21. The zero-order valence-electron chi connectivity index (χ0n) is 8.90. The van der Waals surface area contributed by atoms with Crippen molar-refractivity contribution in [3.05, 3.63) is 29.8 Å². The molecular weight excluding hydrogens is 208 g/mol. The quantitative estimate of drug-likeness (QED) is 0.810. The molecule has 0 aromatic heterocycles. The Morgan fingerprint density at radius 3 is 2.73 bits per heavy atom. The molecule has 1 heterocycles. The maximum atomic E-state index is 12.2. The van der Waals surface area contributed by atoms with E-state index in [1.54, 1.807) is 0 Å². The smallest absolute Gasteiger partial charge is 0.127 e. The summed E-state index contributed by atoms with van der Waals surface area (Å²) in [4.78, 5) is 0.914. The number of rotatable bonds is 2. The largest absolute Gasteiger partial charge is 0.314 e. The summed E-state index contributed by atoms with van der Waals surface area (Å²) < 4.78 is 14.2. The molecule has 0 radical (unpaired) electrons. The van der Waals surface area contributed by atoms with Gasteiger partial charge in [0, 0.05) is 26.2 Å². The van der Waals surface area contributed by atoms with E-state index in [-0.39, 0.29) is 0 Å². The number of aryl methyl sites for hydroxylation is 1. The molecule has 3 nitrogen and oxygen atoms in total. The van der Waals surface area contributed by atoms with Gasteiger partial charge in [0.2, 0.25) is 0 Å². The number of piperazine rings is 1. The molecular formula is C11H16N2OS. The van der Waals surface area contributed by atoms with Crippen LogP contribution in [0.1, 0.15) is 5.56 Å². The van der Waals surface area contributed by atoms with Gasteiger partial charge in [-0.3, -0.25) is 0 Å². The molecule has 1 aliphatic heterocycles. The van der Waals surface area contributed by atoms with Crippen molar-refractivity contribution in [2.75, 3.05) is 26.2 Å². The summed E-state index contributed by atoms with van der Waals surface area (Å²) in [6, 6.07) is 7.92. The van der Waals surface area contributed by atoms with Crippen molar-refractivity contribution in [1.29, 1.82) is 0 Å². The van der Waals surface area contributed by atoms with E-state index in [0.29, 0.717) is 0 Å². The Kier molecular flexibility index (Phi) is 3.51. The monoisotopic (exact) mass is 224 g/mol. The molecule has 1 aromatic carbocycles. The van der Waals surface area contributed by atoms with Gasteiger partial charge in [0.15, 0.2) is 0 Å². The van der Waals surface area contributed by atoms with Crippen LogP contribution in [-0.2, 0) is 11.0 Å². The summed E-state index contributed by atoms with van der Waals surface area (Å²) in [5.41, 5.74) is 1.16. The van der Waals surface area contributed by atoms with Gasteiger partial charge >= 0.3 is 0 Å². The Morgan fingerprint density at radius 1 is 1.33 bits per heavy atom. The molecule has 0 bridgehead atoms. The lowest BCUT2D eigenvalue weighted by atomic mass is 10.2. The highest BCUT2D eigenvalue weighted by atomic mass is 32.2. The van der Waals surface area contributed by atoms with Crippen molar-refractivity contribution in [2.24, 2.45) is 0 Å². The van der Waals surface area contributed by atoms with Crippen molar-refractivity contribution >= 4 is 11.0 Å². The third kappa shape index (κ3) is 2.65. The maximum Gasteiger partial charge on any atom is 0.127 e. The van der Waals surface area contributed by atoms with Crippen LogP contribution >= 0.6 is 0 Å². The Balaban J connectivity index is 2.12. The molecule has 1 aliphatic rings. The van der Waals surface area contributed by atoms with Crippen LogP contribution in [0.15, 0.2) is 29.2 Å². The highest BCUT2D eigenvalue weighted by Crippen LogP contribution is 2.12. The first-order chi connectivity index (χ1) is 7.27. The first-order valence-corrected chi connectivity index (χ1v) is 6.32.